The zero-order valence-electron chi connectivity index (χ0n) is 20.3. The van der Waals surface area contributed by atoms with Gasteiger partial charge in [0.1, 0.15) is 0 Å². The molecule has 37 heavy (non-hydrogen) atoms. The minimum atomic E-state index is -0.404. The second kappa shape index (κ2) is 10.7. The predicted octanol–water partition coefficient (Wildman–Crippen LogP) is 6.75. The number of amides is 1. The Morgan fingerprint density at radius 2 is 1.78 bits per heavy atom. The van der Waals surface area contributed by atoms with Gasteiger partial charge >= 0.3 is 5.97 Å². The van der Waals surface area contributed by atoms with Crippen molar-refractivity contribution in [2.24, 2.45) is 4.99 Å². The predicted molar refractivity (Wildman–Crippen MR) is 150 cm³/mol. The first kappa shape index (κ1) is 24.9. The summed E-state index contributed by atoms with van der Waals surface area (Å²) < 4.78 is 6.91. The van der Waals surface area contributed by atoms with Gasteiger partial charge in [0, 0.05) is 40.8 Å². The first-order valence-corrected chi connectivity index (χ1v) is 13.0. The highest BCUT2D eigenvalue weighted by Gasteiger charge is 2.32. The number of rotatable bonds is 6. The summed E-state index contributed by atoms with van der Waals surface area (Å²) in [5, 5.41) is 2.38. The number of methoxy groups -OCH3 is 1. The number of nitrogens with zero attached hydrogens (tertiary/aromatic N) is 3. The number of ether oxygens (including phenoxy) is 1. The summed E-state index contributed by atoms with van der Waals surface area (Å²) in [6.45, 7) is 3.04. The van der Waals surface area contributed by atoms with Crippen molar-refractivity contribution in [3.8, 4) is 0 Å². The number of amidine groups is 1. The molecule has 1 aliphatic heterocycles. The zero-order valence-corrected chi connectivity index (χ0v) is 21.9. The van der Waals surface area contributed by atoms with E-state index in [2.05, 4.69) is 27.9 Å². The molecular weight excluding hydrogens is 506 g/mol. The van der Waals surface area contributed by atoms with Crippen molar-refractivity contribution in [3.05, 3.63) is 106 Å². The lowest BCUT2D eigenvalue weighted by Crippen LogP contribution is -2.28. The van der Waals surface area contributed by atoms with Gasteiger partial charge < -0.3 is 9.30 Å². The molecule has 0 spiro atoms. The van der Waals surface area contributed by atoms with Crippen molar-refractivity contribution in [3.63, 3.8) is 0 Å². The number of carbonyl (C=O) groups is 2. The summed E-state index contributed by atoms with van der Waals surface area (Å²) in [5.41, 5.74) is 4.15. The van der Waals surface area contributed by atoms with Crippen LogP contribution in [0.1, 0.15) is 28.4 Å². The van der Waals surface area contributed by atoms with Gasteiger partial charge in [-0.05, 0) is 66.7 Å². The molecule has 2 heterocycles. The molecule has 186 valence electrons. The number of esters is 1. The highest BCUT2D eigenvalue weighted by atomic mass is 35.5. The molecule has 0 radical (unpaired) electrons. The van der Waals surface area contributed by atoms with Gasteiger partial charge in [0.15, 0.2) is 5.17 Å². The standard InChI is InChI=1S/C29H24ClN3O3S/c1-3-33-27(34)26(37-29(33)31-22-14-12-19(13-15-22)28(35)36-2)16-21-18-32(25-11-7-5-9-23(21)25)17-20-8-4-6-10-24(20)30/h4-16,18H,3,17H2,1-2H3/b26-16+,31-29?. The third-order valence-electron chi connectivity index (χ3n) is 6.12. The van der Waals surface area contributed by atoms with Crippen LogP contribution in [0.5, 0.6) is 0 Å². The molecule has 6 nitrogen and oxygen atoms in total. The molecule has 0 atom stereocenters. The number of carbonyl (C=O) groups excluding carboxylic acids is 2. The number of aliphatic imine (C=N–C) groups is 1. The molecule has 4 aromatic rings. The van der Waals surface area contributed by atoms with Crippen LogP contribution in [-0.4, -0.2) is 40.2 Å². The number of hydrogen-bond donors (Lipinski definition) is 0. The summed E-state index contributed by atoms with van der Waals surface area (Å²) in [5.74, 6) is -0.487. The SMILES string of the molecule is CCN1C(=O)/C(=C\c2cn(Cc3ccccc3Cl)c3ccccc23)SC1=Nc1ccc(C(=O)OC)cc1. The van der Waals surface area contributed by atoms with Crippen LogP contribution >= 0.6 is 23.4 Å². The molecule has 8 heteroatoms. The topological polar surface area (TPSA) is 63.9 Å². The number of hydrogen-bond acceptors (Lipinski definition) is 5. The van der Waals surface area contributed by atoms with E-state index >= 15 is 0 Å². The zero-order chi connectivity index (χ0) is 25.9. The molecule has 1 fully saturated rings. The molecule has 0 aliphatic carbocycles. The molecule has 0 saturated carbocycles. The quantitative estimate of drug-likeness (QED) is 0.205. The normalized spacial score (nSPS) is 15.8. The van der Waals surface area contributed by atoms with Gasteiger partial charge in [-0.1, -0.05) is 48.0 Å². The van der Waals surface area contributed by atoms with Gasteiger partial charge in [0.2, 0.25) is 0 Å². The highest BCUT2D eigenvalue weighted by Crippen LogP contribution is 2.36. The van der Waals surface area contributed by atoms with Crippen LogP contribution in [0.4, 0.5) is 5.69 Å². The smallest absolute Gasteiger partial charge is 0.337 e. The maximum absolute atomic E-state index is 13.3. The van der Waals surface area contributed by atoms with Crippen molar-refractivity contribution in [1.29, 1.82) is 0 Å². The van der Waals surface area contributed by atoms with Crippen LogP contribution in [0.15, 0.2) is 88.9 Å². The molecule has 0 N–H and O–H groups in total. The minimum Gasteiger partial charge on any atom is -0.465 e. The number of halogens is 1. The third kappa shape index (κ3) is 5.05. The van der Waals surface area contributed by atoms with Crippen LogP contribution < -0.4 is 0 Å². The summed E-state index contributed by atoms with van der Waals surface area (Å²) in [6.07, 6.45) is 4.00. The Morgan fingerprint density at radius 1 is 1.05 bits per heavy atom. The van der Waals surface area contributed by atoms with E-state index in [4.69, 9.17) is 16.3 Å². The maximum Gasteiger partial charge on any atom is 0.337 e. The third-order valence-corrected chi connectivity index (χ3v) is 7.50. The summed E-state index contributed by atoms with van der Waals surface area (Å²) >= 11 is 7.77. The number of para-hydroxylation sites is 1. The molecule has 0 bridgehead atoms. The van der Waals surface area contributed by atoms with Gasteiger partial charge in [-0.2, -0.15) is 0 Å². The van der Waals surface area contributed by atoms with E-state index < -0.39 is 5.97 Å². The van der Waals surface area contributed by atoms with Crippen molar-refractivity contribution in [2.45, 2.75) is 13.5 Å². The van der Waals surface area contributed by atoms with Crippen molar-refractivity contribution in [2.75, 3.05) is 13.7 Å². The lowest BCUT2D eigenvalue weighted by atomic mass is 10.1. The summed E-state index contributed by atoms with van der Waals surface area (Å²) in [4.78, 5) is 31.9. The number of likely N-dealkylation sites (N-methyl/N-ethyl adjacent to an activating group) is 1. The lowest BCUT2D eigenvalue weighted by Gasteiger charge is -2.12. The van der Waals surface area contributed by atoms with E-state index in [9.17, 15) is 9.59 Å². The first-order chi connectivity index (χ1) is 18.0. The van der Waals surface area contributed by atoms with E-state index in [0.717, 1.165) is 27.1 Å². The van der Waals surface area contributed by atoms with Gasteiger partial charge in [0.25, 0.3) is 5.91 Å². The summed E-state index contributed by atoms with van der Waals surface area (Å²) in [7, 11) is 1.35. The van der Waals surface area contributed by atoms with Crippen molar-refractivity contribution < 1.29 is 14.3 Å². The number of aromatic nitrogens is 1. The Bertz CT molecular complexity index is 1560. The van der Waals surface area contributed by atoms with Crippen molar-refractivity contribution in [1.82, 2.24) is 9.47 Å². The van der Waals surface area contributed by atoms with Crippen LogP contribution in [0.2, 0.25) is 5.02 Å². The highest BCUT2D eigenvalue weighted by molar-refractivity contribution is 8.18. The molecule has 5 rings (SSSR count). The van der Waals surface area contributed by atoms with Crippen LogP contribution in [0, 0.1) is 0 Å². The Labute approximate surface area is 224 Å². The van der Waals surface area contributed by atoms with Crippen LogP contribution in [0.3, 0.4) is 0 Å². The number of benzene rings is 3. The number of fused-ring (bicyclic) bond motifs is 1. The van der Waals surface area contributed by atoms with E-state index in [1.54, 1.807) is 29.2 Å². The lowest BCUT2D eigenvalue weighted by molar-refractivity contribution is -0.122. The monoisotopic (exact) mass is 529 g/mol. The van der Waals surface area contributed by atoms with Gasteiger partial charge in [-0.25, -0.2) is 9.79 Å². The number of thioether (sulfide) groups is 1. The maximum atomic E-state index is 13.3. The van der Waals surface area contributed by atoms with E-state index in [1.807, 2.05) is 49.4 Å². The second-order valence-electron chi connectivity index (χ2n) is 8.41. The molecule has 1 saturated heterocycles. The average molecular weight is 530 g/mol. The fourth-order valence-corrected chi connectivity index (χ4v) is 5.49. The molecule has 0 unspecified atom stereocenters. The molecule has 1 aliphatic rings. The van der Waals surface area contributed by atoms with Crippen LogP contribution in [0.25, 0.3) is 17.0 Å². The molecular formula is C29H24ClN3O3S. The van der Waals surface area contributed by atoms with E-state index in [-0.39, 0.29) is 5.91 Å². The van der Waals surface area contributed by atoms with Gasteiger partial charge in [-0.3, -0.25) is 9.69 Å². The Morgan fingerprint density at radius 3 is 2.51 bits per heavy atom. The van der Waals surface area contributed by atoms with E-state index in [0.29, 0.717) is 34.4 Å². The van der Waals surface area contributed by atoms with Crippen LogP contribution in [-0.2, 0) is 16.1 Å². The van der Waals surface area contributed by atoms with E-state index in [1.165, 1.54) is 18.9 Å². The molecule has 1 aromatic heterocycles. The molecule has 3 aromatic carbocycles. The van der Waals surface area contributed by atoms with Crippen molar-refractivity contribution >= 4 is 63.1 Å². The fourth-order valence-electron chi connectivity index (χ4n) is 4.24. The first-order valence-electron chi connectivity index (χ1n) is 11.8. The van der Waals surface area contributed by atoms with Gasteiger partial charge in [0.05, 0.1) is 23.3 Å². The summed E-state index contributed by atoms with van der Waals surface area (Å²) in [6, 6.07) is 22.7. The Kier molecular flexibility index (Phi) is 7.17. The molecule has 1 amide bonds. The second-order valence-corrected chi connectivity index (χ2v) is 9.83. The largest absolute Gasteiger partial charge is 0.465 e. The Balaban J connectivity index is 1.48. The minimum absolute atomic E-state index is 0.0830. The van der Waals surface area contributed by atoms with Gasteiger partial charge in [-0.15, -0.1) is 0 Å². The Hall–Kier alpha value is -3.81. The fraction of sp³-hybridized carbons (Fsp3) is 0.138. The average Bonchev–Trinajstić information content (AvgIpc) is 3.41.